The number of hydrogen-bond donors (Lipinski definition) is 0. The molecule has 0 spiro atoms. The number of halogens is 1. The van der Waals surface area contributed by atoms with Crippen LogP contribution in [0.1, 0.15) is 45.8 Å². The Morgan fingerprint density at radius 1 is 1.15 bits per heavy atom. The van der Waals surface area contributed by atoms with Crippen LogP contribution in [0.15, 0.2) is 46.9 Å². The lowest BCUT2D eigenvalue weighted by Crippen LogP contribution is -2.19. The third kappa shape index (κ3) is 2.33. The fourth-order valence-corrected chi connectivity index (χ4v) is 3.45. The highest BCUT2D eigenvalue weighted by Crippen LogP contribution is 2.35. The van der Waals surface area contributed by atoms with Crippen molar-refractivity contribution in [2.24, 2.45) is 0 Å². The molecule has 0 aromatic heterocycles. The van der Waals surface area contributed by atoms with Crippen LogP contribution in [-0.4, -0.2) is 5.78 Å². The molecule has 0 heterocycles. The predicted octanol–water partition coefficient (Wildman–Crippen LogP) is 5.06. The maximum atomic E-state index is 12.9. The van der Waals surface area contributed by atoms with Crippen LogP contribution in [0.3, 0.4) is 0 Å². The minimum Gasteiger partial charge on any atom is -0.293 e. The average molecular weight is 329 g/mol. The Bertz CT molecular complexity index is 660. The highest BCUT2D eigenvalue weighted by Gasteiger charge is 2.27. The van der Waals surface area contributed by atoms with Gasteiger partial charge in [0.15, 0.2) is 5.78 Å². The van der Waals surface area contributed by atoms with E-state index in [1.54, 1.807) is 0 Å². The molecule has 0 amide bonds. The van der Waals surface area contributed by atoms with Gasteiger partial charge in [-0.1, -0.05) is 52.3 Å². The molecule has 3 rings (SSSR count). The van der Waals surface area contributed by atoms with Gasteiger partial charge in [-0.3, -0.25) is 4.79 Å². The summed E-state index contributed by atoms with van der Waals surface area (Å²) in [7, 11) is 0. The van der Waals surface area contributed by atoms with Crippen molar-refractivity contribution in [3.63, 3.8) is 0 Å². The monoisotopic (exact) mass is 328 g/mol. The van der Waals surface area contributed by atoms with Crippen LogP contribution in [0.2, 0.25) is 0 Å². The van der Waals surface area contributed by atoms with Gasteiger partial charge >= 0.3 is 0 Å². The Morgan fingerprint density at radius 3 is 2.80 bits per heavy atom. The van der Waals surface area contributed by atoms with E-state index in [0.717, 1.165) is 34.9 Å². The number of ketones is 1. The van der Waals surface area contributed by atoms with Crippen molar-refractivity contribution in [3.8, 4) is 0 Å². The first-order valence-corrected chi connectivity index (χ1v) is 7.85. The number of benzene rings is 2. The summed E-state index contributed by atoms with van der Waals surface area (Å²) >= 11 is 3.52. The van der Waals surface area contributed by atoms with Crippen LogP contribution in [-0.2, 0) is 6.42 Å². The van der Waals surface area contributed by atoms with Crippen molar-refractivity contribution < 1.29 is 4.79 Å². The normalized spacial score (nSPS) is 17.6. The van der Waals surface area contributed by atoms with E-state index in [9.17, 15) is 4.79 Å². The van der Waals surface area contributed by atoms with Gasteiger partial charge in [0.05, 0.1) is 0 Å². The minimum atomic E-state index is 0.0212. The zero-order valence-corrected chi connectivity index (χ0v) is 13.1. The molecular formula is C18H17BrO. The zero-order valence-electron chi connectivity index (χ0n) is 11.5. The molecule has 0 saturated heterocycles. The second kappa shape index (κ2) is 5.53. The Kier molecular flexibility index (Phi) is 3.75. The third-order valence-corrected chi connectivity index (χ3v) is 5.08. The lowest BCUT2D eigenvalue weighted by molar-refractivity contribution is 0.0950. The topological polar surface area (TPSA) is 17.1 Å². The molecule has 1 atom stereocenters. The molecule has 1 unspecified atom stereocenters. The molecule has 0 fully saturated rings. The fourth-order valence-electron chi connectivity index (χ4n) is 3.09. The highest BCUT2D eigenvalue weighted by molar-refractivity contribution is 9.10. The quantitative estimate of drug-likeness (QED) is 0.704. The molecule has 1 aliphatic carbocycles. The van der Waals surface area contributed by atoms with Gasteiger partial charge in [0, 0.05) is 16.0 Å². The van der Waals surface area contributed by atoms with Crippen molar-refractivity contribution in [2.75, 3.05) is 0 Å². The van der Waals surface area contributed by atoms with Gasteiger partial charge in [0.2, 0.25) is 0 Å². The van der Waals surface area contributed by atoms with Gasteiger partial charge in [-0.2, -0.15) is 0 Å². The zero-order chi connectivity index (χ0) is 14.1. The van der Waals surface area contributed by atoms with E-state index in [1.807, 2.05) is 31.2 Å². The van der Waals surface area contributed by atoms with Gasteiger partial charge in [-0.05, 0) is 48.9 Å². The van der Waals surface area contributed by atoms with Gasteiger partial charge < -0.3 is 0 Å². The molecule has 1 aliphatic rings. The van der Waals surface area contributed by atoms with Gasteiger partial charge in [-0.25, -0.2) is 0 Å². The van der Waals surface area contributed by atoms with Crippen LogP contribution in [0.25, 0.3) is 0 Å². The molecule has 1 nitrogen and oxygen atoms in total. The second-order valence-corrected chi connectivity index (χ2v) is 6.27. The first kappa shape index (κ1) is 13.6. The lowest BCUT2D eigenvalue weighted by Gasteiger charge is -2.25. The van der Waals surface area contributed by atoms with Crippen molar-refractivity contribution >= 4 is 21.7 Å². The van der Waals surface area contributed by atoms with Gasteiger partial charge in [-0.15, -0.1) is 0 Å². The number of rotatable bonds is 2. The molecule has 102 valence electrons. The summed E-state index contributed by atoms with van der Waals surface area (Å²) in [5.41, 5.74) is 4.45. The molecule has 0 saturated carbocycles. The van der Waals surface area contributed by atoms with Crippen molar-refractivity contribution in [3.05, 3.63) is 69.2 Å². The highest BCUT2D eigenvalue weighted by atomic mass is 79.9. The molecule has 2 aromatic carbocycles. The molecule has 0 radical (unpaired) electrons. The maximum absolute atomic E-state index is 12.9. The van der Waals surface area contributed by atoms with Gasteiger partial charge in [0.25, 0.3) is 0 Å². The number of Topliss-reactive ketones (excluding diaryl/α,β-unsaturated/α-hetero) is 1. The Labute approximate surface area is 128 Å². The summed E-state index contributed by atoms with van der Waals surface area (Å²) in [6.45, 7) is 2.01. The van der Waals surface area contributed by atoms with E-state index in [4.69, 9.17) is 0 Å². The average Bonchev–Trinajstić information content (AvgIpc) is 2.49. The van der Waals surface area contributed by atoms with Crippen molar-refractivity contribution in [1.82, 2.24) is 0 Å². The minimum absolute atomic E-state index is 0.0212. The van der Waals surface area contributed by atoms with Crippen LogP contribution >= 0.6 is 15.9 Å². The summed E-state index contributed by atoms with van der Waals surface area (Å²) in [5.74, 6) is 0.281. The number of fused-ring (bicyclic) bond motifs is 1. The smallest absolute Gasteiger partial charge is 0.170 e. The number of aryl methyl sites for hydroxylation is 1. The SMILES string of the molecule is Cc1c(Br)cccc1C(=O)C1CCCc2ccccc21. The summed E-state index contributed by atoms with van der Waals surface area (Å²) in [5, 5.41) is 0. The molecule has 0 bridgehead atoms. The van der Waals surface area contributed by atoms with Crippen LogP contribution in [0.4, 0.5) is 0 Å². The molecule has 0 N–H and O–H groups in total. The van der Waals surface area contributed by atoms with E-state index in [1.165, 1.54) is 11.1 Å². The summed E-state index contributed by atoms with van der Waals surface area (Å²) in [4.78, 5) is 12.9. The van der Waals surface area contributed by atoms with E-state index < -0.39 is 0 Å². The number of carbonyl (C=O) groups excluding carboxylic acids is 1. The maximum Gasteiger partial charge on any atom is 0.170 e. The molecule has 2 heteroatoms. The van der Waals surface area contributed by atoms with Crippen LogP contribution in [0, 0.1) is 6.92 Å². The van der Waals surface area contributed by atoms with E-state index >= 15 is 0 Å². The number of carbonyl (C=O) groups is 1. The largest absolute Gasteiger partial charge is 0.293 e. The fraction of sp³-hybridized carbons (Fsp3) is 0.278. The first-order valence-electron chi connectivity index (χ1n) is 7.05. The summed E-state index contributed by atoms with van der Waals surface area (Å²) < 4.78 is 1.01. The molecule has 2 aromatic rings. The molecular weight excluding hydrogens is 312 g/mol. The van der Waals surface area contributed by atoms with E-state index in [-0.39, 0.29) is 11.7 Å². The first-order chi connectivity index (χ1) is 9.68. The Hall–Kier alpha value is -1.41. The standard InChI is InChI=1S/C18H17BrO/c1-12-14(9-5-11-17(12)19)18(20)16-10-4-7-13-6-2-3-8-15(13)16/h2-3,5-6,8-9,11,16H,4,7,10H2,1H3. The lowest BCUT2D eigenvalue weighted by atomic mass is 9.78. The molecule has 20 heavy (non-hydrogen) atoms. The third-order valence-electron chi connectivity index (χ3n) is 4.22. The van der Waals surface area contributed by atoms with E-state index in [0.29, 0.717) is 0 Å². The second-order valence-electron chi connectivity index (χ2n) is 5.42. The van der Waals surface area contributed by atoms with Crippen molar-refractivity contribution in [1.29, 1.82) is 0 Å². The number of hydrogen-bond acceptors (Lipinski definition) is 1. The molecule has 0 aliphatic heterocycles. The summed E-state index contributed by atoms with van der Waals surface area (Å²) in [6, 6.07) is 14.3. The predicted molar refractivity (Wildman–Crippen MR) is 85.3 cm³/mol. The summed E-state index contributed by atoms with van der Waals surface area (Å²) in [6.07, 6.45) is 3.15. The van der Waals surface area contributed by atoms with E-state index in [2.05, 4.69) is 34.1 Å². The van der Waals surface area contributed by atoms with Crippen molar-refractivity contribution in [2.45, 2.75) is 32.1 Å². The Morgan fingerprint density at radius 2 is 1.95 bits per heavy atom. The van der Waals surface area contributed by atoms with Gasteiger partial charge in [0.1, 0.15) is 0 Å². The Balaban J connectivity index is 2.02. The van der Waals surface area contributed by atoms with Crippen LogP contribution < -0.4 is 0 Å². The van der Waals surface area contributed by atoms with Crippen LogP contribution in [0.5, 0.6) is 0 Å².